The van der Waals surface area contributed by atoms with Crippen LogP contribution in [0.3, 0.4) is 0 Å². The zero-order valence-corrected chi connectivity index (χ0v) is 12.1. The standard InChI is InChI=1S/C19H15NO/c1-12-7-9-14(10-8-12)16-11-13(2)18-15-5-3-4-6-17(15)21-19(18)20-16/h3-11H,1-2H3. The molecule has 0 radical (unpaired) electrons. The van der Waals surface area contributed by atoms with Crippen LogP contribution >= 0.6 is 0 Å². The first kappa shape index (κ1) is 12.2. The average Bonchev–Trinajstić information content (AvgIpc) is 2.86. The Kier molecular flexibility index (Phi) is 2.58. The van der Waals surface area contributed by atoms with Gasteiger partial charge in [-0.25, -0.2) is 4.98 Å². The Balaban J connectivity index is 2.00. The van der Waals surface area contributed by atoms with Gasteiger partial charge in [0.1, 0.15) is 5.58 Å². The lowest BCUT2D eigenvalue weighted by Crippen LogP contribution is -1.87. The summed E-state index contributed by atoms with van der Waals surface area (Å²) in [7, 11) is 0. The highest BCUT2D eigenvalue weighted by atomic mass is 16.3. The molecular formula is C19H15NO. The van der Waals surface area contributed by atoms with Gasteiger partial charge in [-0.3, -0.25) is 0 Å². The minimum absolute atomic E-state index is 0.715. The van der Waals surface area contributed by atoms with Crippen molar-refractivity contribution in [1.29, 1.82) is 0 Å². The number of benzene rings is 2. The highest BCUT2D eigenvalue weighted by Crippen LogP contribution is 2.32. The Hall–Kier alpha value is -2.61. The van der Waals surface area contributed by atoms with Crippen molar-refractivity contribution in [2.45, 2.75) is 13.8 Å². The average molecular weight is 273 g/mol. The minimum atomic E-state index is 0.715. The molecule has 0 bridgehead atoms. The van der Waals surface area contributed by atoms with Crippen molar-refractivity contribution in [3.63, 3.8) is 0 Å². The summed E-state index contributed by atoms with van der Waals surface area (Å²) in [4.78, 5) is 4.71. The van der Waals surface area contributed by atoms with Crippen LogP contribution in [0.4, 0.5) is 0 Å². The molecule has 0 fully saturated rings. The van der Waals surface area contributed by atoms with Gasteiger partial charge in [0.15, 0.2) is 0 Å². The number of fused-ring (bicyclic) bond motifs is 3. The Bertz CT molecular complexity index is 949. The lowest BCUT2D eigenvalue weighted by molar-refractivity contribution is 0.654. The molecule has 2 aromatic heterocycles. The molecule has 2 heterocycles. The molecule has 4 aromatic rings. The first-order chi connectivity index (χ1) is 10.2. The predicted molar refractivity (Wildman–Crippen MR) is 86.4 cm³/mol. The van der Waals surface area contributed by atoms with E-state index in [4.69, 9.17) is 9.40 Å². The van der Waals surface area contributed by atoms with Crippen LogP contribution in [-0.4, -0.2) is 4.98 Å². The second-order valence-electron chi connectivity index (χ2n) is 5.47. The first-order valence-electron chi connectivity index (χ1n) is 7.08. The quantitative estimate of drug-likeness (QED) is 0.472. The summed E-state index contributed by atoms with van der Waals surface area (Å²) in [6.07, 6.45) is 0. The summed E-state index contributed by atoms with van der Waals surface area (Å²) in [5, 5.41) is 2.24. The van der Waals surface area contributed by atoms with E-state index in [1.54, 1.807) is 0 Å². The van der Waals surface area contributed by atoms with E-state index in [1.165, 1.54) is 11.1 Å². The molecule has 0 aliphatic rings. The molecule has 4 rings (SSSR count). The fourth-order valence-electron chi connectivity index (χ4n) is 2.78. The Morgan fingerprint density at radius 2 is 1.67 bits per heavy atom. The van der Waals surface area contributed by atoms with E-state index in [0.717, 1.165) is 27.6 Å². The normalized spacial score (nSPS) is 11.3. The van der Waals surface area contributed by atoms with E-state index >= 15 is 0 Å². The van der Waals surface area contributed by atoms with E-state index < -0.39 is 0 Å². The van der Waals surface area contributed by atoms with Crippen LogP contribution in [0.15, 0.2) is 59.0 Å². The van der Waals surface area contributed by atoms with Crippen LogP contribution < -0.4 is 0 Å². The molecule has 0 N–H and O–H groups in total. The number of aromatic nitrogens is 1. The van der Waals surface area contributed by atoms with Gasteiger partial charge in [0.25, 0.3) is 0 Å². The number of para-hydroxylation sites is 1. The zero-order chi connectivity index (χ0) is 14.4. The Morgan fingerprint density at radius 3 is 2.48 bits per heavy atom. The summed E-state index contributed by atoms with van der Waals surface area (Å²) in [6, 6.07) is 18.6. The van der Waals surface area contributed by atoms with Gasteiger partial charge in [0, 0.05) is 10.9 Å². The lowest BCUT2D eigenvalue weighted by Gasteiger charge is -2.04. The van der Waals surface area contributed by atoms with Crippen LogP contribution in [0.5, 0.6) is 0 Å². The van der Waals surface area contributed by atoms with Gasteiger partial charge in [-0.15, -0.1) is 0 Å². The van der Waals surface area contributed by atoms with Gasteiger partial charge in [-0.1, -0.05) is 48.0 Å². The van der Waals surface area contributed by atoms with Crippen molar-refractivity contribution in [1.82, 2.24) is 4.98 Å². The molecule has 0 aliphatic carbocycles. The minimum Gasteiger partial charge on any atom is -0.438 e. The van der Waals surface area contributed by atoms with Gasteiger partial charge in [-0.2, -0.15) is 0 Å². The number of hydrogen-bond donors (Lipinski definition) is 0. The fourth-order valence-corrected chi connectivity index (χ4v) is 2.78. The van der Waals surface area contributed by atoms with Crippen LogP contribution in [-0.2, 0) is 0 Å². The number of hydrogen-bond acceptors (Lipinski definition) is 2. The number of rotatable bonds is 1. The van der Waals surface area contributed by atoms with Crippen molar-refractivity contribution in [2.75, 3.05) is 0 Å². The molecule has 0 spiro atoms. The van der Waals surface area contributed by atoms with Crippen LogP contribution in [0.2, 0.25) is 0 Å². The highest BCUT2D eigenvalue weighted by molar-refractivity contribution is 6.05. The number of furan rings is 1. The first-order valence-corrected chi connectivity index (χ1v) is 7.08. The van der Waals surface area contributed by atoms with Gasteiger partial charge in [0.05, 0.1) is 11.1 Å². The molecule has 2 aromatic carbocycles. The SMILES string of the molecule is Cc1ccc(-c2cc(C)c3c(n2)oc2ccccc23)cc1. The summed E-state index contributed by atoms with van der Waals surface area (Å²) in [5.41, 5.74) is 6.13. The number of nitrogens with zero attached hydrogens (tertiary/aromatic N) is 1. The lowest BCUT2D eigenvalue weighted by atomic mass is 10.0. The molecule has 0 atom stereocenters. The van der Waals surface area contributed by atoms with Crippen molar-refractivity contribution in [2.24, 2.45) is 0 Å². The Labute approximate surface area is 123 Å². The summed E-state index contributed by atoms with van der Waals surface area (Å²) >= 11 is 0. The maximum atomic E-state index is 5.91. The van der Waals surface area contributed by atoms with Crippen molar-refractivity contribution in [3.8, 4) is 11.3 Å². The zero-order valence-electron chi connectivity index (χ0n) is 12.1. The van der Waals surface area contributed by atoms with E-state index in [2.05, 4.69) is 50.2 Å². The van der Waals surface area contributed by atoms with Crippen molar-refractivity contribution >= 4 is 22.1 Å². The molecule has 2 heteroatoms. The largest absolute Gasteiger partial charge is 0.438 e. The molecule has 0 unspecified atom stereocenters. The molecule has 0 amide bonds. The third-order valence-corrected chi connectivity index (χ3v) is 3.89. The summed E-state index contributed by atoms with van der Waals surface area (Å²) in [6.45, 7) is 4.20. The Morgan fingerprint density at radius 1 is 0.905 bits per heavy atom. The predicted octanol–water partition coefficient (Wildman–Crippen LogP) is 5.26. The van der Waals surface area contributed by atoms with E-state index in [9.17, 15) is 0 Å². The maximum Gasteiger partial charge on any atom is 0.228 e. The van der Waals surface area contributed by atoms with Crippen molar-refractivity contribution < 1.29 is 4.42 Å². The maximum absolute atomic E-state index is 5.91. The highest BCUT2D eigenvalue weighted by Gasteiger charge is 2.12. The van der Waals surface area contributed by atoms with Gasteiger partial charge >= 0.3 is 0 Å². The molecule has 0 aliphatic heterocycles. The third-order valence-electron chi connectivity index (χ3n) is 3.89. The molecule has 0 saturated heterocycles. The summed E-state index contributed by atoms with van der Waals surface area (Å²) < 4.78 is 5.91. The van der Waals surface area contributed by atoms with Gasteiger partial charge < -0.3 is 4.42 Å². The smallest absolute Gasteiger partial charge is 0.228 e. The number of aryl methyl sites for hydroxylation is 2. The van der Waals surface area contributed by atoms with E-state index in [1.807, 2.05) is 18.2 Å². The molecule has 21 heavy (non-hydrogen) atoms. The van der Waals surface area contributed by atoms with Gasteiger partial charge in [-0.05, 0) is 31.5 Å². The number of pyridine rings is 1. The molecule has 0 saturated carbocycles. The molecule has 2 nitrogen and oxygen atoms in total. The van der Waals surface area contributed by atoms with Crippen molar-refractivity contribution in [3.05, 3.63) is 65.7 Å². The monoisotopic (exact) mass is 273 g/mol. The topological polar surface area (TPSA) is 26.0 Å². The van der Waals surface area contributed by atoms with Crippen LogP contribution in [0.25, 0.3) is 33.3 Å². The van der Waals surface area contributed by atoms with E-state index in [0.29, 0.717) is 5.71 Å². The van der Waals surface area contributed by atoms with Crippen LogP contribution in [0.1, 0.15) is 11.1 Å². The third kappa shape index (κ3) is 1.91. The second-order valence-corrected chi connectivity index (χ2v) is 5.47. The summed E-state index contributed by atoms with van der Waals surface area (Å²) in [5.74, 6) is 0. The molecule has 102 valence electrons. The van der Waals surface area contributed by atoms with Gasteiger partial charge in [0.2, 0.25) is 5.71 Å². The fraction of sp³-hybridized carbons (Fsp3) is 0.105. The van der Waals surface area contributed by atoms with E-state index in [-0.39, 0.29) is 0 Å². The van der Waals surface area contributed by atoms with Crippen LogP contribution in [0, 0.1) is 13.8 Å². The molecular weight excluding hydrogens is 258 g/mol. The second kappa shape index (κ2) is 4.45.